The van der Waals surface area contributed by atoms with Crippen LogP contribution in [0.1, 0.15) is 70.2 Å². The highest BCUT2D eigenvalue weighted by Gasteiger charge is 2.27. The summed E-state index contributed by atoms with van der Waals surface area (Å²) < 4.78 is 10.7. The predicted molar refractivity (Wildman–Crippen MR) is 135 cm³/mol. The van der Waals surface area contributed by atoms with E-state index in [1.807, 2.05) is 0 Å². The first-order valence-corrected chi connectivity index (χ1v) is 12.9. The van der Waals surface area contributed by atoms with Gasteiger partial charge in [-0.2, -0.15) is 0 Å². The molecule has 3 rings (SSSR count). The summed E-state index contributed by atoms with van der Waals surface area (Å²) >= 11 is 14.2. The van der Waals surface area contributed by atoms with E-state index in [1.165, 1.54) is 11.3 Å². The predicted octanol–water partition coefficient (Wildman–Crippen LogP) is 6.13. The van der Waals surface area contributed by atoms with Gasteiger partial charge in [0.25, 0.3) is 11.8 Å². The Kier molecular flexibility index (Phi) is 9.86. The van der Waals surface area contributed by atoms with Gasteiger partial charge in [0.15, 0.2) is 5.75 Å². The number of ether oxygens (including phenoxy) is 2. The molecule has 0 radical (unpaired) electrons. The summed E-state index contributed by atoms with van der Waals surface area (Å²) in [5.41, 5.74) is 1.89. The Hall–Kier alpha value is -1.80. The van der Waals surface area contributed by atoms with Crippen molar-refractivity contribution in [2.75, 3.05) is 32.2 Å². The number of rotatable bonds is 11. The van der Waals surface area contributed by atoms with Gasteiger partial charge in [0.2, 0.25) is 0 Å². The third kappa shape index (κ3) is 6.63. The van der Waals surface area contributed by atoms with E-state index in [0.29, 0.717) is 41.6 Å². The molecule has 0 bridgehead atoms. The fourth-order valence-corrected chi connectivity index (χ4v) is 5.66. The van der Waals surface area contributed by atoms with E-state index < -0.39 is 0 Å². The second-order valence-corrected chi connectivity index (χ2v) is 9.86. The minimum absolute atomic E-state index is 0.200. The van der Waals surface area contributed by atoms with Crippen LogP contribution >= 0.6 is 34.5 Å². The van der Waals surface area contributed by atoms with Crippen LogP contribution in [0.5, 0.6) is 5.75 Å². The summed E-state index contributed by atoms with van der Waals surface area (Å²) in [6.45, 7) is 3.45. The van der Waals surface area contributed by atoms with E-state index in [9.17, 15) is 9.59 Å². The monoisotopic (exact) mass is 512 g/mol. The molecule has 2 N–H and O–H groups in total. The van der Waals surface area contributed by atoms with Gasteiger partial charge in [0.05, 0.1) is 28.8 Å². The van der Waals surface area contributed by atoms with Crippen LogP contribution in [-0.4, -0.2) is 38.7 Å². The summed E-state index contributed by atoms with van der Waals surface area (Å²) in [7, 11) is 1.59. The molecule has 33 heavy (non-hydrogen) atoms. The lowest BCUT2D eigenvalue weighted by Crippen LogP contribution is -2.28. The Bertz CT molecular complexity index is 970. The van der Waals surface area contributed by atoms with Gasteiger partial charge in [0, 0.05) is 24.1 Å². The van der Waals surface area contributed by atoms with Gasteiger partial charge in [-0.05, 0) is 49.8 Å². The van der Waals surface area contributed by atoms with E-state index in [2.05, 4.69) is 17.6 Å². The molecular weight excluding hydrogens is 483 g/mol. The van der Waals surface area contributed by atoms with Crippen molar-refractivity contribution in [3.8, 4) is 5.75 Å². The zero-order valence-electron chi connectivity index (χ0n) is 19.0. The van der Waals surface area contributed by atoms with Crippen LogP contribution in [0.4, 0.5) is 5.00 Å². The highest BCUT2D eigenvalue weighted by molar-refractivity contribution is 7.17. The Morgan fingerprint density at radius 2 is 1.79 bits per heavy atom. The van der Waals surface area contributed by atoms with E-state index in [-0.39, 0.29) is 21.9 Å². The maximum Gasteiger partial charge on any atom is 0.256 e. The molecule has 2 amide bonds. The van der Waals surface area contributed by atoms with Crippen LogP contribution < -0.4 is 15.4 Å². The fraction of sp³-hybridized carbons (Fsp3) is 0.500. The van der Waals surface area contributed by atoms with Gasteiger partial charge < -0.3 is 20.1 Å². The minimum Gasteiger partial charge on any atom is -0.490 e. The van der Waals surface area contributed by atoms with Crippen molar-refractivity contribution in [3.63, 3.8) is 0 Å². The Morgan fingerprint density at radius 3 is 2.48 bits per heavy atom. The fourth-order valence-electron chi connectivity index (χ4n) is 3.78. The van der Waals surface area contributed by atoms with E-state index in [0.717, 1.165) is 55.4 Å². The molecule has 0 atom stereocenters. The SMILES string of the molecule is CCCCCOc1c(Cl)cc(C(=O)Nc2sc3c(c2C(=O)NCCOC)CCCC3)cc1Cl. The Balaban J connectivity index is 1.79. The number of hydrogen-bond donors (Lipinski definition) is 2. The number of fused-ring (bicyclic) bond motifs is 1. The van der Waals surface area contributed by atoms with Crippen LogP contribution in [0, 0.1) is 0 Å². The average Bonchev–Trinajstić information content (AvgIpc) is 3.15. The number of amides is 2. The van der Waals surface area contributed by atoms with Gasteiger partial charge in [-0.1, -0.05) is 43.0 Å². The molecule has 0 aliphatic heterocycles. The second kappa shape index (κ2) is 12.6. The average molecular weight is 513 g/mol. The first kappa shape index (κ1) is 25.8. The maximum atomic E-state index is 13.1. The van der Waals surface area contributed by atoms with Crippen molar-refractivity contribution in [3.05, 3.63) is 43.7 Å². The van der Waals surface area contributed by atoms with Gasteiger partial charge in [-0.3, -0.25) is 9.59 Å². The number of carbonyl (C=O) groups is 2. The number of benzene rings is 1. The van der Waals surface area contributed by atoms with E-state index in [4.69, 9.17) is 32.7 Å². The van der Waals surface area contributed by atoms with Crippen molar-refractivity contribution in [2.24, 2.45) is 0 Å². The lowest BCUT2D eigenvalue weighted by molar-refractivity contribution is 0.0937. The van der Waals surface area contributed by atoms with Crippen LogP contribution in [0.3, 0.4) is 0 Å². The second-order valence-electron chi connectivity index (χ2n) is 7.94. The molecule has 6 nitrogen and oxygen atoms in total. The van der Waals surface area contributed by atoms with Crippen molar-refractivity contribution in [1.29, 1.82) is 0 Å². The number of thiophene rings is 1. The number of carbonyl (C=O) groups excluding carboxylic acids is 2. The zero-order valence-corrected chi connectivity index (χ0v) is 21.4. The summed E-state index contributed by atoms with van der Waals surface area (Å²) in [5.74, 6) is -0.190. The summed E-state index contributed by atoms with van der Waals surface area (Å²) in [5, 5.41) is 6.91. The summed E-state index contributed by atoms with van der Waals surface area (Å²) in [4.78, 5) is 27.1. The maximum absolute atomic E-state index is 13.1. The number of methoxy groups -OCH3 is 1. The van der Waals surface area contributed by atoms with Crippen molar-refractivity contribution in [1.82, 2.24) is 5.32 Å². The molecule has 1 heterocycles. The van der Waals surface area contributed by atoms with Gasteiger partial charge >= 0.3 is 0 Å². The minimum atomic E-state index is -0.374. The van der Waals surface area contributed by atoms with Crippen molar-refractivity contribution >= 4 is 51.4 Å². The third-order valence-corrected chi connectivity index (χ3v) is 7.24. The van der Waals surface area contributed by atoms with Gasteiger partial charge in [-0.15, -0.1) is 11.3 Å². The van der Waals surface area contributed by atoms with Gasteiger partial charge in [-0.25, -0.2) is 0 Å². The highest BCUT2D eigenvalue weighted by atomic mass is 35.5. The molecule has 1 aromatic carbocycles. The number of halogens is 2. The van der Waals surface area contributed by atoms with E-state index in [1.54, 1.807) is 19.2 Å². The summed E-state index contributed by atoms with van der Waals surface area (Å²) in [6.07, 6.45) is 6.90. The topological polar surface area (TPSA) is 76.7 Å². The third-order valence-electron chi connectivity index (χ3n) is 5.47. The Morgan fingerprint density at radius 1 is 1.06 bits per heavy atom. The zero-order chi connectivity index (χ0) is 23.8. The largest absolute Gasteiger partial charge is 0.490 e. The smallest absolute Gasteiger partial charge is 0.256 e. The first-order valence-electron chi connectivity index (χ1n) is 11.3. The van der Waals surface area contributed by atoms with E-state index >= 15 is 0 Å². The molecule has 0 spiro atoms. The van der Waals surface area contributed by atoms with Crippen LogP contribution in [-0.2, 0) is 17.6 Å². The molecule has 0 saturated carbocycles. The number of nitrogens with one attached hydrogen (secondary N) is 2. The normalized spacial score (nSPS) is 12.8. The van der Waals surface area contributed by atoms with Gasteiger partial charge in [0.1, 0.15) is 5.00 Å². The molecule has 1 aromatic heterocycles. The molecular formula is C24H30Cl2N2O4S. The molecule has 9 heteroatoms. The van der Waals surface area contributed by atoms with Crippen molar-refractivity contribution in [2.45, 2.75) is 51.9 Å². The molecule has 1 aliphatic carbocycles. The van der Waals surface area contributed by atoms with Crippen LogP contribution in [0.25, 0.3) is 0 Å². The number of anilines is 1. The number of unbranched alkanes of at least 4 members (excludes halogenated alkanes) is 2. The number of aryl methyl sites for hydroxylation is 1. The Labute approximate surface area is 208 Å². The lowest BCUT2D eigenvalue weighted by Gasteiger charge is -2.14. The molecule has 1 aliphatic rings. The van der Waals surface area contributed by atoms with Crippen LogP contribution in [0.15, 0.2) is 12.1 Å². The standard InChI is InChI=1S/C24H30Cl2N2O4S/c1-3-4-7-11-32-21-17(25)13-15(14-18(21)26)22(29)28-24-20(23(30)27-10-12-31-2)16-8-5-6-9-19(16)33-24/h13-14H,3-12H2,1-2H3,(H,27,30)(H,28,29). The molecule has 0 saturated heterocycles. The molecule has 0 unspecified atom stereocenters. The lowest BCUT2D eigenvalue weighted by atomic mass is 9.95. The molecule has 180 valence electrons. The molecule has 0 fully saturated rings. The van der Waals surface area contributed by atoms with Crippen LogP contribution in [0.2, 0.25) is 10.0 Å². The number of hydrogen-bond acceptors (Lipinski definition) is 5. The molecule has 2 aromatic rings. The van der Waals surface area contributed by atoms with Crippen molar-refractivity contribution < 1.29 is 19.1 Å². The summed E-state index contributed by atoms with van der Waals surface area (Å²) in [6, 6.07) is 3.09. The highest BCUT2D eigenvalue weighted by Crippen LogP contribution is 2.39. The quantitative estimate of drug-likeness (QED) is 0.355. The first-order chi connectivity index (χ1) is 16.0.